The zero-order valence-electron chi connectivity index (χ0n) is 9.22. The summed E-state index contributed by atoms with van der Waals surface area (Å²) in [5, 5.41) is 17.7. The van der Waals surface area contributed by atoms with E-state index in [1.54, 1.807) is 0 Å². The zero-order valence-corrected chi connectivity index (χ0v) is 10.0. The second-order valence-corrected chi connectivity index (χ2v) is 4.19. The normalized spacial score (nSPS) is 12.5. The van der Waals surface area contributed by atoms with Crippen LogP contribution < -0.4 is 4.57 Å². The van der Waals surface area contributed by atoms with Crippen LogP contribution in [0, 0.1) is 6.92 Å². The van der Waals surface area contributed by atoms with Gasteiger partial charge in [0.1, 0.15) is 6.10 Å². The van der Waals surface area contributed by atoms with Crippen LogP contribution in [0.2, 0.25) is 0 Å². The number of aryl methyl sites for hydroxylation is 1. The van der Waals surface area contributed by atoms with Gasteiger partial charge in [0.25, 0.3) is 0 Å². The summed E-state index contributed by atoms with van der Waals surface area (Å²) in [4.78, 5) is 0. The van der Waals surface area contributed by atoms with Crippen LogP contribution in [-0.4, -0.2) is 40.4 Å². The number of aliphatic hydroxyl groups is 2. The fourth-order valence-electron chi connectivity index (χ4n) is 0.955. The molecular formula is C9H15NO6S. The molecule has 0 spiro atoms. The highest BCUT2D eigenvalue weighted by Gasteiger charge is 2.07. The third kappa shape index (κ3) is 11.2. The first kappa shape index (κ1) is 15.9. The smallest absolute Gasteiger partial charge is 0.215 e. The topological polar surface area (TPSA) is 122 Å². The molecule has 98 valence electrons. The number of nitrogens with zero attached hydrogens (tertiary/aromatic N) is 1. The van der Waals surface area contributed by atoms with Gasteiger partial charge < -0.3 is 14.8 Å². The number of rotatable bonds is 3. The lowest BCUT2D eigenvalue weighted by Gasteiger charge is -2.01. The molecule has 0 aromatic carbocycles. The van der Waals surface area contributed by atoms with Crippen LogP contribution >= 0.6 is 0 Å². The Labute approximate surface area is 99.5 Å². The Balaban J connectivity index is 0.000000437. The molecular weight excluding hydrogens is 250 g/mol. The van der Waals surface area contributed by atoms with E-state index in [0.29, 0.717) is 6.54 Å². The van der Waals surface area contributed by atoms with Gasteiger partial charge in [-0.2, -0.15) is 0 Å². The van der Waals surface area contributed by atoms with E-state index in [0.717, 1.165) is 0 Å². The second-order valence-electron chi connectivity index (χ2n) is 3.34. The van der Waals surface area contributed by atoms with Gasteiger partial charge in [-0.3, -0.25) is 4.55 Å². The Hall–Kier alpha value is -1.06. The van der Waals surface area contributed by atoms with Crippen molar-refractivity contribution >= 4 is 10.4 Å². The number of hydrogen-bond acceptors (Lipinski definition) is 5. The van der Waals surface area contributed by atoms with Crippen LogP contribution in [0.25, 0.3) is 0 Å². The Bertz CT molecular complexity index is 408. The van der Waals surface area contributed by atoms with Gasteiger partial charge in [-0.05, 0) is 12.5 Å². The van der Waals surface area contributed by atoms with Crippen molar-refractivity contribution in [1.29, 1.82) is 0 Å². The molecule has 0 amide bonds. The second kappa shape index (κ2) is 7.30. The number of aliphatic hydroxyl groups excluding tert-OH is 2. The first-order valence-corrected chi connectivity index (χ1v) is 6.02. The average molecular weight is 265 g/mol. The van der Waals surface area contributed by atoms with E-state index >= 15 is 0 Å². The Kier molecular flexibility index (Phi) is 6.85. The fraction of sp³-hybridized carbons (Fsp3) is 0.444. The maximum absolute atomic E-state index is 9.11. The highest BCUT2D eigenvalue weighted by Crippen LogP contribution is 1.90. The summed E-state index contributed by atoms with van der Waals surface area (Å²) in [6, 6.07) is 3.92. The summed E-state index contributed by atoms with van der Waals surface area (Å²) in [5.41, 5.74) is 1.18. The largest absolute Gasteiger partial charge is 0.726 e. The van der Waals surface area contributed by atoms with Crippen LogP contribution in [0.5, 0.6) is 0 Å². The predicted octanol–water partition coefficient (Wildman–Crippen LogP) is -1.36. The van der Waals surface area contributed by atoms with Crippen molar-refractivity contribution in [3.63, 3.8) is 0 Å². The molecule has 0 aliphatic rings. The van der Waals surface area contributed by atoms with Gasteiger partial charge >= 0.3 is 0 Å². The Morgan fingerprint density at radius 3 is 2.18 bits per heavy atom. The molecule has 17 heavy (non-hydrogen) atoms. The van der Waals surface area contributed by atoms with Crippen LogP contribution in [0.4, 0.5) is 0 Å². The lowest BCUT2D eigenvalue weighted by molar-refractivity contribution is -0.703. The quantitative estimate of drug-likeness (QED) is 0.352. The molecule has 8 heteroatoms. The maximum atomic E-state index is 9.11. The van der Waals surface area contributed by atoms with Gasteiger partial charge in [-0.15, -0.1) is 0 Å². The third-order valence-electron chi connectivity index (χ3n) is 1.69. The highest BCUT2D eigenvalue weighted by molar-refractivity contribution is 7.79. The summed E-state index contributed by atoms with van der Waals surface area (Å²) in [6.07, 6.45) is 3.10. The number of hydrogen-bond donors (Lipinski definition) is 3. The van der Waals surface area contributed by atoms with Gasteiger partial charge in [-0.1, -0.05) is 0 Å². The summed E-state index contributed by atoms with van der Waals surface area (Å²) in [5.74, 6) is 0. The summed E-state index contributed by atoms with van der Waals surface area (Å²) in [7, 11) is -4.92. The maximum Gasteiger partial charge on any atom is 0.215 e. The molecule has 1 unspecified atom stereocenters. The van der Waals surface area contributed by atoms with Gasteiger partial charge in [0.2, 0.25) is 10.4 Å². The molecule has 0 fully saturated rings. The van der Waals surface area contributed by atoms with Crippen LogP contribution in [0.1, 0.15) is 5.56 Å². The van der Waals surface area contributed by atoms with E-state index in [2.05, 4.69) is 0 Å². The molecule has 1 rings (SSSR count). The van der Waals surface area contributed by atoms with Gasteiger partial charge in [0, 0.05) is 12.1 Å². The van der Waals surface area contributed by atoms with Gasteiger partial charge in [-0.25, -0.2) is 13.0 Å². The molecule has 3 N–H and O–H groups in total. The van der Waals surface area contributed by atoms with E-state index in [9.17, 15) is 0 Å². The molecule has 0 radical (unpaired) electrons. The van der Waals surface area contributed by atoms with E-state index in [-0.39, 0.29) is 6.61 Å². The minimum atomic E-state index is -4.92. The fourth-order valence-corrected chi connectivity index (χ4v) is 0.955. The molecule has 0 saturated heterocycles. The molecule has 1 aromatic rings. The molecule has 0 saturated carbocycles. The minimum Gasteiger partial charge on any atom is -0.726 e. The average Bonchev–Trinajstić information content (AvgIpc) is 2.19. The lowest BCUT2D eigenvalue weighted by Crippen LogP contribution is -2.40. The standard InChI is InChI=1S/C9H14NO2.H2O4S/c1-8-2-4-10(5-3-8)6-9(12)7-11;1-5(2,3)4/h2-5,9,11-12H,6-7H2,1H3;(H2,1,2,3,4)/q+1;/p-1. The Morgan fingerprint density at radius 2 is 1.82 bits per heavy atom. The van der Waals surface area contributed by atoms with E-state index in [1.165, 1.54) is 5.56 Å². The first-order chi connectivity index (χ1) is 7.72. The lowest BCUT2D eigenvalue weighted by atomic mass is 10.3. The molecule has 1 aromatic heterocycles. The van der Waals surface area contributed by atoms with Crippen molar-refractivity contribution in [1.82, 2.24) is 0 Å². The molecule has 0 bridgehead atoms. The monoisotopic (exact) mass is 265 g/mol. The SMILES string of the molecule is Cc1cc[n+](CC(O)CO)cc1.O=S(=O)([O-])O. The minimum absolute atomic E-state index is 0.194. The molecule has 0 aliphatic carbocycles. The summed E-state index contributed by atoms with van der Waals surface area (Å²) in [6.45, 7) is 2.25. The number of aromatic nitrogens is 1. The van der Waals surface area contributed by atoms with E-state index < -0.39 is 16.5 Å². The zero-order chi connectivity index (χ0) is 13.5. The van der Waals surface area contributed by atoms with Crippen molar-refractivity contribution in [3.8, 4) is 0 Å². The molecule has 1 atom stereocenters. The number of pyridine rings is 1. The van der Waals surface area contributed by atoms with Crippen molar-refractivity contribution in [2.75, 3.05) is 6.61 Å². The van der Waals surface area contributed by atoms with Crippen molar-refractivity contribution in [3.05, 3.63) is 30.1 Å². The third-order valence-corrected chi connectivity index (χ3v) is 1.69. The van der Waals surface area contributed by atoms with E-state index in [1.807, 2.05) is 36.0 Å². The Morgan fingerprint density at radius 1 is 1.41 bits per heavy atom. The first-order valence-electron chi connectivity index (χ1n) is 4.65. The van der Waals surface area contributed by atoms with Crippen LogP contribution in [0.15, 0.2) is 24.5 Å². The van der Waals surface area contributed by atoms with Crippen molar-refractivity contribution in [2.24, 2.45) is 0 Å². The highest BCUT2D eigenvalue weighted by atomic mass is 32.3. The van der Waals surface area contributed by atoms with E-state index in [4.69, 9.17) is 27.7 Å². The van der Waals surface area contributed by atoms with Crippen molar-refractivity contribution in [2.45, 2.75) is 19.6 Å². The summed E-state index contributed by atoms with van der Waals surface area (Å²) < 4.78 is 34.7. The molecule has 0 aliphatic heterocycles. The van der Waals surface area contributed by atoms with Crippen molar-refractivity contribution < 1.29 is 32.3 Å². The summed E-state index contributed by atoms with van der Waals surface area (Å²) >= 11 is 0. The van der Waals surface area contributed by atoms with Crippen LogP contribution in [-0.2, 0) is 16.9 Å². The van der Waals surface area contributed by atoms with Gasteiger partial charge in [0.15, 0.2) is 18.9 Å². The van der Waals surface area contributed by atoms with Gasteiger partial charge in [0.05, 0.1) is 6.61 Å². The van der Waals surface area contributed by atoms with Crippen LogP contribution in [0.3, 0.4) is 0 Å². The molecule has 7 nitrogen and oxygen atoms in total. The predicted molar refractivity (Wildman–Crippen MR) is 56.8 cm³/mol. The molecule has 1 heterocycles.